The van der Waals surface area contributed by atoms with Crippen molar-refractivity contribution in [2.75, 3.05) is 32.8 Å². The number of likely N-dealkylation sites (tertiary alicyclic amines) is 1. The fourth-order valence-electron chi connectivity index (χ4n) is 2.73. The molecular weight excluding hydrogens is 309 g/mol. The maximum absolute atomic E-state index is 10.4. The van der Waals surface area contributed by atoms with E-state index in [4.69, 9.17) is 27.9 Å². The Hall–Kier alpha value is -0.320. The number of hydrogen-bond donors (Lipinski definition) is 1. The van der Waals surface area contributed by atoms with E-state index >= 15 is 0 Å². The lowest BCUT2D eigenvalue weighted by Gasteiger charge is -2.33. The molecule has 1 aliphatic heterocycles. The Balaban J connectivity index is 1.82. The predicted molar refractivity (Wildman–Crippen MR) is 87.1 cm³/mol. The van der Waals surface area contributed by atoms with E-state index in [2.05, 4.69) is 4.90 Å². The first-order valence-corrected chi connectivity index (χ1v) is 8.28. The van der Waals surface area contributed by atoms with Gasteiger partial charge >= 0.3 is 0 Å². The molecule has 0 spiro atoms. The van der Waals surface area contributed by atoms with Gasteiger partial charge in [-0.05, 0) is 50.9 Å². The molecule has 1 aromatic carbocycles. The van der Waals surface area contributed by atoms with Crippen LogP contribution in [0.4, 0.5) is 0 Å². The Morgan fingerprint density at radius 2 is 2.05 bits per heavy atom. The van der Waals surface area contributed by atoms with Crippen molar-refractivity contribution in [1.82, 2.24) is 4.90 Å². The van der Waals surface area contributed by atoms with Gasteiger partial charge < -0.3 is 14.7 Å². The molecule has 1 saturated heterocycles. The van der Waals surface area contributed by atoms with Crippen LogP contribution in [0, 0.1) is 5.92 Å². The molecule has 5 heteroatoms. The van der Waals surface area contributed by atoms with E-state index in [1.807, 2.05) is 6.92 Å². The molecule has 1 atom stereocenters. The zero-order chi connectivity index (χ0) is 15.2. The number of aliphatic hydroxyl groups is 1. The lowest BCUT2D eigenvalue weighted by molar-refractivity contribution is 0.0535. The summed E-state index contributed by atoms with van der Waals surface area (Å²) in [5, 5.41) is 11.5. The molecule has 0 radical (unpaired) electrons. The Labute approximate surface area is 136 Å². The summed E-state index contributed by atoms with van der Waals surface area (Å²) in [6.45, 7) is 6.29. The van der Waals surface area contributed by atoms with Gasteiger partial charge in [0, 0.05) is 35.4 Å². The number of β-amino-alcohol motifs (C(OH)–C–C–N with tert-alkyl or cyclic N) is 1. The number of benzene rings is 1. The maximum atomic E-state index is 10.4. The molecule has 1 aliphatic rings. The summed E-state index contributed by atoms with van der Waals surface area (Å²) in [7, 11) is 0. The molecule has 1 aromatic rings. The summed E-state index contributed by atoms with van der Waals surface area (Å²) < 4.78 is 5.49. The molecule has 1 fully saturated rings. The standard InChI is InChI=1S/C16H23Cl2NO2/c1-2-21-11-12-5-7-19(8-6-12)10-16(20)14-4-3-13(17)9-15(14)18/h3-4,9,12,16,20H,2,5-8,10-11H2,1H3. The van der Waals surface area contributed by atoms with Crippen LogP contribution in [0.1, 0.15) is 31.4 Å². The van der Waals surface area contributed by atoms with Crippen molar-refractivity contribution in [3.8, 4) is 0 Å². The monoisotopic (exact) mass is 331 g/mol. The number of halogens is 2. The fourth-order valence-corrected chi connectivity index (χ4v) is 3.27. The van der Waals surface area contributed by atoms with Gasteiger partial charge in [0.15, 0.2) is 0 Å². The molecule has 0 saturated carbocycles. The highest BCUT2D eigenvalue weighted by molar-refractivity contribution is 6.35. The summed E-state index contributed by atoms with van der Waals surface area (Å²) >= 11 is 12.0. The number of rotatable bonds is 6. The zero-order valence-corrected chi connectivity index (χ0v) is 13.9. The normalized spacial score (nSPS) is 18.9. The van der Waals surface area contributed by atoms with Crippen LogP contribution >= 0.6 is 23.2 Å². The first-order valence-electron chi connectivity index (χ1n) is 7.53. The second kappa shape index (κ2) is 8.35. The third-order valence-electron chi connectivity index (χ3n) is 4.02. The molecular formula is C16H23Cl2NO2. The molecule has 1 heterocycles. The third-order valence-corrected chi connectivity index (χ3v) is 4.58. The van der Waals surface area contributed by atoms with Crippen molar-refractivity contribution in [3.05, 3.63) is 33.8 Å². The minimum absolute atomic E-state index is 0.529. The number of hydrogen-bond acceptors (Lipinski definition) is 3. The van der Waals surface area contributed by atoms with Crippen LogP contribution in [0.15, 0.2) is 18.2 Å². The average molecular weight is 332 g/mol. The van der Waals surface area contributed by atoms with Crippen LogP contribution in [-0.2, 0) is 4.74 Å². The molecule has 1 unspecified atom stereocenters. The first kappa shape index (κ1) is 17.0. The van der Waals surface area contributed by atoms with Gasteiger partial charge in [-0.1, -0.05) is 29.3 Å². The Kier molecular flexibility index (Phi) is 6.77. The summed E-state index contributed by atoms with van der Waals surface area (Å²) in [6.07, 6.45) is 1.68. The minimum Gasteiger partial charge on any atom is -0.387 e. The van der Waals surface area contributed by atoms with E-state index in [9.17, 15) is 5.11 Å². The van der Waals surface area contributed by atoms with Crippen LogP contribution in [-0.4, -0.2) is 42.9 Å². The molecule has 0 aliphatic carbocycles. The summed E-state index contributed by atoms with van der Waals surface area (Å²) in [5.41, 5.74) is 0.748. The zero-order valence-electron chi connectivity index (χ0n) is 12.4. The van der Waals surface area contributed by atoms with E-state index in [-0.39, 0.29) is 0 Å². The van der Waals surface area contributed by atoms with Gasteiger partial charge in [-0.2, -0.15) is 0 Å². The highest BCUT2D eigenvalue weighted by Gasteiger charge is 2.22. The molecule has 21 heavy (non-hydrogen) atoms. The van der Waals surface area contributed by atoms with Crippen molar-refractivity contribution in [2.24, 2.45) is 5.92 Å². The second-order valence-corrected chi connectivity index (χ2v) is 6.43. The van der Waals surface area contributed by atoms with E-state index in [0.29, 0.717) is 22.5 Å². The van der Waals surface area contributed by atoms with Gasteiger partial charge in [-0.3, -0.25) is 0 Å². The Morgan fingerprint density at radius 1 is 1.33 bits per heavy atom. The quantitative estimate of drug-likeness (QED) is 0.861. The first-order chi connectivity index (χ1) is 10.1. The summed E-state index contributed by atoms with van der Waals surface area (Å²) in [5.74, 6) is 0.650. The van der Waals surface area contributed by atoms with E-state index < -0.39 is 6.10 Å². The van der Waals surface area contributed by atoms with Crippen molar-refractivity contribution in [1.29, 1.82) is 0 Å². The topological polar surface area (TPSA) is 32.7 Å². The predicted octanol–water partition coefficient (Wildman–Crippen LogP) is 3.78. The Morgan fingerprint density at radius 3 is 2.67 bits per heavy atom. The van der Waals surface area contributed by atoms with Gasteiger partial charge in [0.25, 0.3) is 0 Å². The van der Waals surface area contributed by atoms with Crippen LogP contribution in [0.2, 0.25) is 10.0 Å². The highest BCUT2D eigenvalue weighted by Crippen LogP contribution is 2.28. The number of ether oxygens (including phenoxy) is 1. The lowest BCUT2D eigenvalue weighted by Crippen LogP contribution is -2.37. The van der Waals surface area contributed by atoms with Gasteiger partial charge in [-0.15, -0.1) is 0 Å². The summed E-state index contributed by atoms with van der Waals surface area (Å²) in [6, 6.07) is 5.24. The number of nitrogens with zero attached hydrogens (tertiary/aromatic N) is 1. The van der Waals surface area contributed by atoms with Crippen molar-refractivity contribution < 1.29 is 9.84 Å². The SMILES string of the molecule is CCOCC1CCN(CC(O)c2ccc(Cl)cc2Cl)CC1. The molecule has 3 nitrogen and oxygen atoms in total. The van der Waals surface area contributed by atoms with Crippen LogP contribution in [0.3, 0.4) is 0 Å². The smallest absolute Gasteiger partial charge is 0.0931 e. The molecule has 0 bridgehead atoms. The second-order valence-electron chi connectivity index (χ2n) is 5.59. The molecule has 2 rings (SSSR count). The highest BCUT2D eigenvalue weighted by atomic mass is 35.5. The van der Waals surface area contributed by atoms with Crippen LogP contribution < -0.4 is 0 Å². The van der Waals surface area contributed by atoms with E-state index in [1.54, 1.807) is 18.2 Å². The van der Waals surface area contributed by atoms with Crippen LogP contribution in [0.5, 0.6) is 0 Å². The van der Waals surface area contributed by atoms with Crippen molar-refractivity contribution in [2.45, 2.75) is 25.9 Å². The number of piperidine rings is 1. The fraction of sp³-hybridized carbons (Fsp3) is 0.625. The number of aliphatic hydroxyl groups excluding tert-OH is 1. The lowest BCUT2D eigenvalue weighted by atomic mass is 9.97. The largest absolute Gasteiger partial charge is 0.387 e. The Bertz CT molecular complexity index is 448. The third kappa shape index (κ3) is 5.11. The van der Waals surface area contributed by atoms with Gasteiger partial charge in [0.05, 0.1) is 6.10 Å². The maximum Gasteiger partial charge on any atom is 0.0931 e. The minimum atomic E-state index is -0.571. The van der Waals surface area contributed by atoms with E-state index in [1.165, 1.54) is 0 Å². The molecule has 0 amide bonds. The summed E-state index contributed by atoms with van der Waals surface area (Å²) in [4.78, 5) is 2.29. The van der Waals surface area contributed by atoms with Crippen molar-refractivity contribution in [3.63, 3.8) is 0 Å². The van der Waals surface area contributed by atoms with Crippen LogP contribution in [0.25, 0.3) is 0 Å². The van der Waals surface area contributed by atoms with Crippen molar-refractivity contribution >= 4 is 23.2 Å². The molecule has 0 aromatic heterocycles. The van der Waals surface area contributed by atoms with Gasteiger partial charge in [0.1, 0.15) is 0 Å². The van der Waals surface area contributed by atoms with Gasteiger partial charge in [-0.25, -0.2) is 0 Å². The van der Waals surface area contributed by atoms with E-state index in [0.717, 1.165) is 44.7 Å². The molecule has 1 N–H and O–H groups in total. The molecule has 118 valence electrons. The average Bonchev–Trinajstić information content (AvgIpc) is 2.46. The van der Waals surface area contributed by atoms with Gasteiger partial charge in [0.2, 0.25) is 0 Å².